The molecule has 1 aromatic rings. The van der Waals surface area contributed by atoms with E-state index in [0.29, 0.717) is 24.2 Å². The van der Waals surface area contributed by atoms with E-state index in [4.69, 9.17) is 10.4 Å². The van der Waals surface area contributed by atoms with Crippen molar-refractivity contribution >= 4 is 11.8 Å². The van der Waals surface area contributed by atoms with Crippen LogP contribution in [0.25, 0.3) is 0 Å². The van der Waals surface area contributed by atoms with Crippen molar-refractivity contribution in [3.63, 3.8) is 0 Å². The number of aliphatic carboxylic acids is 1. The van der Waals surface area contributed by atoms with E-state index in [1.54, 1.807) is 29.2 Å². The molecule has 1 fully saturated rings. The first-order valence-corrected chi connectivity index (χ1v) is 5.58. The van der Waals surface area contributed by atoms with Crippen LogP contribution < -0.4 is 0 Å². The van der Waals surface area contributed by atoms with Crippen molar-refractivity contribution in [2.75, 3.05) is 19.6 Å². The Morgan fingerprint density at radius 1 is 1.33 bits per heavy atom. The highest BCUT2D eigenvalue weighted by molar-refractivity contribution is 5.97. The van der Waals surface area contributed by atoms with Crippen molar-refractivity contribution in [3.05, 3.63) is 35.4 Å². The Balaban J connectivity index is 1.89. The average Bonchev–Trinajstić information content (AvgIpc) is 2.32. The topological polar surface area (TPSA) is 81.4 Å². The summed E-state index contributed by atoms with van der Waals surface area (Å²) in [5.74, 6) is -1.21. The number of nitrogens with zero attached hydrogens (tertiary/aromatic N) is 2. The van der Waals surface area contributed by atoms with Gasteiger partial charge in [-0.1, -0.05) is 12.1 Å². The molecule has 1 aliphatic rings. The fraction of sp³-hybridized carbons (Fsp3) is 0.308. The number of Topliss-reactive ketones (excluding diaryl/α,β-unsaturated/α-hetero) is 1. The van der Waals surface area contributed by atoms with Crippen LogP contribution in [0, 0.1) is 17.2 Å². The minimum absolute atomic E-state index is 0.0525. The van der Waals surface area contributed by atoms with Gasteiger partial charge in [-0.05, 0) is 12.1 Å². The minimum atomic E-state index is -0.808. The van der Waals surface area contributed by atoms with E-state index in [9.17, 15) is 9.59 Å². The summed E-state index contributed by atoms with van der Waals surface area (Å²) in [4.78, 5) is 24.3. The predicted molar refractivity (Wildman–Crippen MR) is 63.1 cm³/mol. The second kappa shape index (κ2) is 4.98. The maximum Gasteiger partial charge on any atom is 0.309 e. The van der Waals surface area contributed by atoms with Crippen LogP contribution >= 0.6 is 0 Å². The van der Waals surface area contributed by atoms with Crippen LogP contribution in [0.5, 0.6) is 0 Å². The molecule has 0 aliphatic carbocycles. The largest absolute Gasteiger partial charge is 0.481 e. The van der Waals surface area contributed by atoms with Crippen LogP contribution in [0.4, 0.5) is 0 Å². The molecule has 0 atom stereocenters. The Kier molecular flexibility index (Phi) is 3.40. The molecule has 18 heavy (non-hydrogen) atoms. The van der Waals surface area contributed by atoms with Crippen LogP contribution in [0.15, 0.2) is 24.3 Å². The number of likely N-dealkylation sites (tertiary alicyclic amines) is 1. The standard InChI is InChI=1S/C13H12N2O3/c14-5-9-1-3-10(4-2-9)12(16)8-15-6-11(7-15)13(17)18/h1-4,11H,6-8H2,(H,17,18). The number of benzene rings is 1. The van der Waals surface area contributed by atoms with E-state index >= 15 is 0 Å². The second-order valence-corrected chi connectivity index (χ2v) is 4.34. The van der Waals surface area contributed by atoms with Gasteiger partial charge in [0, 0.05) is 18.7 Å². The first kappa shape index (κ1) is 12.3. The van der Waals surface area contributed by atoms with Gasteiger partial charge < -0.3 is 5.11 Å². The number of carboxylic acids is 1. The lowest BCUT2D eigenvalue weighted by Crippen LogP contribution is -2.51. The van der Waals surface area contributed by atoms with Gasteiger partial charge in [-0.25, -0.2) is 0 Å². The van der Waals surface area contributed by atoms with Crippen LogP contribution in [-0.4, -0.2) is 41.4 Å². The lowest BCUT2D eigenvalue weighted by Gasteiger charge is -2.35. The lowest BCUT2D eigenvalue weighted by atomic mass is 9.99. The molecule has 0 spiro atoms. The third-order valence-corrected chi connectivity index (χ3v) is 3.01. The van der Waals surface area contributed by atoms with E-state index in [2.05, 4.69) is 0 Å². The van der Waals surface area contributed by atoms with Crippen LogP contribution in [-0.2, 0) is 4.79 Å². The first-order chi connectivity index (χ1) is 8.60. The number of hydrogen-bond acceptors (Lipinski definition) is 4. The van der Waals surface area contributed by atoms with E-state index in [1.807, 2.05) is 6.07 Å². The molecule has 5 heteroatoms. The normalized spacial score (nSPS) is 15.7. The van der Waals surface area contributed by atoms with Crippen molar-refractivity contribution in [1.29, 1.82) is 5.26 Å². The van der Waals surface area contributed by atoms with Crippen LogP contribution in [0.2, 0.25) is 0 Å². The van der Waals surface area contributed by atoms with Crippen molar-refractivity contribution in [2.45, 2.75) is 0 Å². The SMILES string of the molecule is N#Cc1ccc(C(=O)CN2CC(C(=O)O)C2)cc1. The molecule has 92 valence electrons. The monoisotopic (exact) mass is 244 g/mol. The summed E-state index contributed by atoms with van der Waals surface area (Å²) in [5, 5.41) is 17.4. The molecule has 0 saturated carbocycles. The van der Waals surface area contributed by atoms with Crippen molar-refractivity contribution in [1.82, 2.24) is 4.90 Å². The molecule has 0 amide bonds. The Hall–Kier alpha value is -2.19. The summed E-state index contributed by atoms with van der Waals surface area (Å²) in [6.45, 7) is 1.09. The van der Waals surface area contributed by atoms with Crippen molar-refractivity contribution < 1.29 is 14.7 Å². The highest BCUT2D eigenvalue weighted by atomic mass is 16.4. The Labute approximate surface area is 104 Å². The van der Waals surface area contributed by atoms with Gasteiger partial charge in [0.2, 0.25) is 0 Å². The Bertz CT molecular complexity index is 510. The Morgan fingerprint density at radius 2 is 1.94 bits per heavy atom. The third-order valence-electron chi connectivity index (χ3n) is 3.01. The number of carbonyl (C=O) groups is 2. The third kappa shape index (κ3) is 2.55. The molecule has 0 bridgehead atoms. The van der Waals surface area contributed by atoms with Gasteiger partial charge in [-0.2, -0.15) is 5.26 Å². The quantitative estimate of drug-likeness (QED) is 0.791. The zero-order valence-electron chi connectivity index (χ0n) is 9.67. The van der Waals surface area contributed by atoms with E-state index in [1.165, 1.54) is 0 Å². The molecule has 0 aromatic heterocycles. The van der Waals surface area contributed by atoms with E-state index in [0.717, 1.165) is 0 Å². The molecule has 0 radical (unpaired) electrons. The minimum Gasteiger partial charge on any atom is -0.481 e. The van der Waals surface area contributed by atoms with Gasteiger partial charge in [-0.3, -0.25) is 14.5 Å². The van der Waals surface area contributed by atoms with Crippen molar-refractivity contribution in [3.8, 4) is 6.07 Å². The molecule has 1 heterocycles. The molecule has 0 unspecified atom stereocenters. The first-order valence-electron chi connectivity index (χ1n) is 5.58. The summed E-state index contributed by atoms with van der Waals surface area (Å²) in [7, 11) is 0. The number of carboxylic acid groups (broad SMARTS) is 1. The Morgan fingerprint density at radius 3 is 2.44 bits per heavy atom. The van der Waals surface area contributed by atoms with Gasteiger partial charge in [-0.15, -0.1) is 0 Å². The van der Waals surface area contributed by atoms with Gasteiger partial charge >= 0.3 is 5.97 Å². The molecule has 1 saturated heterocycles. The zero-order valence-corrected chi connectivity index (χ0v) is 9.67. The summed E-state index contributed by atoms with van der Waals surface area (Å²) >= 11 is 0. The summed E-state index contributed by atoms with van der Waals surface area (Å²) < 4.78 is 0. The molecule has 1 N–H and O–H groups in total. The number of nitriles is 1. The number of rotatable bonds is 4. The fourth-order valence-electron chi connectivity index (χ4n) is 1.88. The maximum absolute atomic E-state index is 11.9. The zero-order chi connectivity index (χ0) is 13.1. The molecular weight excluding hydrogens is 232 g/mol. The number of carbonyl (C=O) groups excluding carboxylic acids is 1. The van der Waals surface area contributed by atoms with Gasteiger partial charge in [0.15, 0.2) is 5.78 Å². The highest BCUT2D eigenvalue weighted by Crippen LogP contribution is 2.16. The predicted octanol–water partition coefficient (Wildman–Crippen LogP) is 0.757. The van der Waals surface area contributed by atoms with E-state index < -0.39 is 5.97 Å². The van der Waals surface area contributed by atoms with Gasteiger partial charge in [0.05, 0.1) is 24.1 Å². The highest BCUT2D eigenvalue weighted by Gasteiger charge is 2.33. The average molecular weight is 244 g/mol. The number of ketones is 1. The smallest absolute Gasteiger partial charge is 0.309 e. The molecule has 1 aromatic carbocycles. The maximum atomic E-state index is 11.9. The summed E-state index contributed by atoms with van der Waals surface area (Å²) in [6.07, 6.45) is 0. The molecule has 2 rings (SSSR count). The molecule has 1 aliphatic heterocycles. The van der Waals surface area contributed by atoms with Gasteiger partial charge in [0.25, 0.3) is 0 Å². The summed E-state index contributed by atoms with van der Waals surface area (Å²) in [5.41, 5.74) is 1.06. The van der Waals surface area contributed by atoms with Crippen molar-refractivity contribution in [2.24, 2.45) is 5.92 Å². The number of hydrogen-bond donors (Lipinski definition) is 1. The van der Waals surface area contributed by atoms with Crippen LogP contribution in [0.1, 0.15) is 15.9 Å². The van der Waals surface area contributed by atoms with Gasteiger partial charge in [0.1, 0.15) is 0 Å². The second-order valence-electron chi connectivity index (χ2n) is 4.34. The molecule has 5 nitrogen and oxygen atoms in total. The summed E-state index contributed by atoms with van der Waals surface area (Å²) in [6, 6.07) is 8.43. The fourth-order valence-corrected chi connectivity index (χ4v) is 1.88. The van der Waals surface area contributed by atoms with E-state index in [-0.39, 0.29) is 18.2 Å². The van der Waals surface area contributed by atoms with Crippen LogP contribution in [0.3, 0.4) is 0 Å². The lowest BCUT2D eigenvalue weighted by molar-refractivity contribution is -0.147. The molecular formula is C13H12N2O3.